The number of rotatable bonds is 4. The summed E-state index contributed by atoms with van der Waals surface area (Å²) >= 11 is 1.87. The van der Waals surface area contributed by atoms with Crippen molar-refractivity contribution in [3.63, 3.8) is 0 Å². The summed E-state index contributed by atoms with van der Waals surface area (Å²) < 4.78 is 0. The van der Waals surface area contributed by atoms with Crippen LogP contribution in [0.25, 0.3) is 0 Å². The van der Waals surface area contributed by atoms with Crippen molar-refractivity contribution in [1.82, 2.24) is 10.2 Å². The number of hydrogen-bond donors (Lipinski definition) is 1. The molecule has 1 fully saturated rings. The molecule has 1 saturated heterocycles. The summed E-state index contributed by atoms with van der Waals surface area (Å²) in [6.45, 7) is 8.27. The highest BCUT2D eigenvalue weighted by Gasteiger charge is 2.15. The maximum absolute atomic E-state index is 4.49. The molecule has 0 aromatic carbocycles. The molecule has 2 heterocycles. The van der Waals surface area contributed by atoms with E-state index in [9.17, 15) is 0 Å². The van der Waals surface area contributed by atoms with Crippen LogP contribution in [-0.2, 0) is 0 Å². The first-order valence-electron chi connectivity index (χ1n) is 6.48. The van der Waals surface area contributed by atoms with Gasteiger partial charge in [-0.25, -0.2) is 0 Å². The molecule has 1 unspecified atom stereocenters. The van der Waals surface area contributed by atoms with Crippen LogP contribution in [0.2, 0.25) is 0 Å². The third kappa shape index (κ3) is 3.98. The molecule has 0 saturated carbocycles. The number of thioether (sulfide) groups is 1. The van der Waals surface area contributed by atoms with Gasteiger partial charge in [0.1, 0.15) is 0 Å². The van der Waals surface area contributed by atoms with Gasteiger partial charge in [0.05, 0.1) is 0 Å². The minimum atomic E-state index is 0.725. The van der Waals surface area contributed by atoms with E-state index in [1.807, 2.05) is 11.8 Å². The Morgan fingerprint density at radius 2 is 2.19 bits per heavy atom. The number of nitrogens with zero attached hydrogens (tertiary/aromatic N) is 2. The topological polar surface area (TPSA) is 27.6 Å². The molecule has 0 aromatic heterocycles. The number of hydrogen-bond acceptors (Lipinski definition) is 4. The summed E-state index contributed by atoms with van der Waals surface area (Å²) in [5.41, 5.74) is 0. The molecule has 2 aliphatic rings. The molecule has 0 spiro atoms. The highest BCUT2D eigenvalue weighted by Crippen LogP contribution is 2.12. The largest absolute Gasteiger partial charge is 0.365 e. The molecule has 3 nitrogen and oxygen atoms in total. The van der Waals surface area contributed by atoms with Gasteiger partial charge in [-0.1, -0.05) is 18.7 Å². The number of likely N-dealkylation sites (tertiary alicyclic amines) is 1. The first kappa shape index (κ1) is 12.2. The molecule has 1 atom stereocenters. The van der Waals surface area contributed by atoms with Gasteiger partial charge in [-0.05, 0) is 38.3 Å². The summed E-state index contributed by atoms with van der Waals surface area (Å²) in [5.74, 6) is 1.95. The second-order valence-electron chi connectivity index (χ2n) is 4.88. The maximum Gasteiger partial charge on any atom is 0.156 e. The molecular formula is C12H23N3S. The maximum atomic E-state index is 4.49. The molecule has 0 bridgehead atoms. The Hall–Kier alpha value is -0.220. The summed E-state index contributed by atoms with van der Waals surface area (Å²) in [6.07, 6.45) is 4.02. The molecule has 1 N–H and O–H groups in total. The van der Waals surface area contributed by atoms with E-state index < -0.39 is 0 Å². The Morgan fingerprint density at radius 1 is 1.38 bits per heavy atom. The molecule has 92 valence electrons. The van der Waals surface area contributed by atoms with E-state index in [1.54, 1.807) is 0 Å². The molecule has 16 heavy (non-hydrogen) atoms. The van der Waals surface area contributed by atoms with E-state index in [2.05, 4.69) is 22.1 Å². The van der Waals surface area contributed by atoms with Gasteiger partial charge in [0.25, 0.3) is 0 Å². The summed E-state index contributed by atoms with van der Waals surface area (Å²) in [5, 5.41) is 4.65. The van der Waals surface area contributed by atoms with Gasteiger partial charge >= 0.3 is 0 Å². The van der Waals surface area contributed by atoms with Crippen LogP contribution in [0, 0.1) is 5.92 Å². The van der Waals surface area contributed by atoms with Crippen molar-refractivity contribution in [2.45, 2.75) is 26.2 Å². The quantitative estimate of drug-likeness (QED) is 0.813. The predicted octanol–water partition coefficient (Wildman–Crippen LogP) is 1.80. The van der Waals surface area contributed by atoms with Crippen molar-refractivity contribution in [3.8, 4) is 0 Å². The normalized spacial score (nSPS) is 24.2. The zero-order valence-corrected chi connectivity index (χ0v) is 11.1. The summed E-state index contributed by atoms with van der Waals surface area (Å²) in [7, 11) is 0. The minimum Gasteiger partial charge on any atom is -0.365 e. The third-order valence-corrected chi connectivity index (χ3v) is 4.21. The van der Waals surface area contributed by atoms with Crippen molar-refractivity contribution in [1.29, 1.82) is 0 Å². The average molecular weight is 241 g/mol. The molecule has 4 heteroatoms. The molecule has 0 amide bonds. The fourth-order valence-corrected chi connectivity index (χ4v) is 3.13. The van der Waals surface area contributed by atoms with Crippen molar-refractivity contribution < 1.29 is 0 Å². The van der Waals surface area contributed by atoms with E-state index in [0.29, 0.717) is 0 Å². The van der Waals surface area contributed by atoms with Crippen molar-refractivity contribution in [2.24, 2.45) is 10.9 Å². The first-order chi connectivity index (χ1) is 7.84. The van der Waals surface area contributed by atoms with Gasteiger partial charge in [-0.15, -0.1) is 0 Å². The monoisotopic (exact) mass is 241 g/mol. The smallest absolute Gasteiger partial charge is 0.156 e. The average Bonchev–Trinajstić information content (AvgIpc) is 2.81. The second-order valence-corrected chi connectivity index (χ2v) is 5.97. The SMILES string of the molecule is CC(CNC1=NCCCS1)CN1CCCC1. The summed E-state index contributed by atoms with van der Waals surface area (Å²) in [6, 6.07) is 0. The Balaban J connectivity index is 1.62. The molecule has 0 radical (unpaired) electrons. The van der Waals surface area contributed by atoms with Crippen LogP contribution in [0.3, 0.4) is 0 Å². The Bertz CT molecular complexity index is 236. The van der Waals surface area contributed by atoms with Crippen LogP contribution in [0.4, 0.5) is 0 Å². The first-order valence-corrected chi connectivity index (χ1v) is 7.46. The lowest BCUT2D eigenvalue weighted by Gasteiger charge is -2.21. The van der Waals surface area contributed by atoms with Crippen molar-refractivity contribution in [2.75, 3.05) is 38.5 Å². The molecular weight excluding hydrogens is 218 g/mol. The van der Waals surface area contributed by atoms with E-state index in [-0.39, 0.29) is 0 Å². The minimum absolute atomic E-state index is 0.725. The lowest BCUT2D eigenvalue weighted by atomic mass is 10.2. The second kappa shape index (κ2) is 6.50. The fraction of sp³-hybridized carbons (Fsp3) is 0.917. The standard InChI is InChI=1S/C12H23N3S/c1-11(10-15-6-2-3-7-15)9-14-12-13-5-4-8-16-12/h11H,2-10H2,1H3,(H,13,14). The third-order valence-electron chi connectivity index (χ3n) is 3.17. The molecule has 2 rings (SSSR count). The van der Waals surface area contributed by atoms with Crippen LogP contribution >= 0.6 is 11.8 Å². The number of amidine groups is 1. The summed E-state index contributed by atoms with van der Waals surface area (Å²) in [4.78, 5) is 7.07. The zero-order valence-electron chi connectivity index (χ0n) is 10.2. The van der Waals surface area contributed by atoms with Crippen molar-refractivity contribution >= 4 is 16.9 Å². The van der Waals surface area contributed by atoms with Gasteiger partial charge < -0.3 is 10.2 Å². The number of aliphatic imine (C=N–C) groups is 1. The van der Waals surface area contributed by atoms with Crippen LogP contribution in [0.15, 0.2) is 4.99 Å². The van der Waals surface area contributed by atoms with Crippen LogP contribution in [-0.4, -0.2) is 48.5 Å². The predicted molar refractivity (Wildman–Crippen MR) is 72.2 cm³/mol. The van der Waals surface area contributed by atoms with E-state index in [1.165, 1.54) is 49.8 Å². The van der Waals surface area contributed by atoms with Crippen LogP contribution < -0.4 is 5.32 Å². The van der Waals surface area contributed by atoms with E-state index >= 15 is 0 Å². The molecule has 2 aliphatic heterocycles. The van der Waals surface area contributed by atoms with Crippen LogP contribution in [0.1, 0.15) is 26.2 Å². The van der Waals surface area contributed by atoms with E-state index in [0.717, 1.165) is 19.0 Å². The van der Waals surface area contributed by atoms with Gasteiger partial charge in [-0.2, -0.15) is 0 Å². The van der Waals surface area contributed by atoms with Gasteiger partial charge in [0, 0.05) is 25.4 Å². The fourth-order valence-electron chi connectivity index (χ4n) is 2.30. The highest BCUT2D eigenvalue weighted by atomic mass is 32.2. The molecule has 0 aliphatic carbocycles. The van der Waals surface area contributed by atoms with Gasteiger partial charge in [-0.3, -0.25) is 4.99 Å². The van der Waals surface area contributed by atoms with E-state index in [4.69, 9.17) is 0 Å². The number of nitrogens with one attached hydrogen (secondary N) is 1. The molecule has 0 aromatic rings. The lowest BCUT2D eigenvalue weighted by molar-refractivity contribution is 0.288. The lowest BCUT2D eigenvalue weighted by Crippen LogP contribution is -2.34. The van der Waals surface area contributed by atoms with Crippen LogP contribution in [0.5, 0.6) is 0 Å². The van der Waals surface area contributed by atoms with Crippen molar-refractivity contribution in [3.05, 3.63) is 0 Å². The van der Waals surface area contributed by atoms with Gasteiger partial charge in [0.2, 0.25) is 0 Å². The Labute approximate surface area is 103 Å². The Kier molecular flexibility index (Phi) is 4.97. The van der Waals surface area contributed by atoms with Gasteiger partial charge in [0.15, 0.2) is 5.17 Å². The Morgan fingerprint density at radius 3 is 2.88 bits per heavy atom. The zero-order chi connectivity index (χ0) is 11.2. The highest BCUT2D eigenvalue weighted by molar-refractivity contribution is 8.13.